The summed E-state index contributed by atoms with van der Waals surface area (Å²) in [6, 6.07) is 18.3. The number of amides is 1. The highest BCUT2D eigenvalue weighted by Gasteiger charge is 2.16. The Morgan fingerprint density at radius 2 is 1.65 bits per heavy atom. The summed E-state index contributed by atoms with van der Waals surface area (Å²) in [5.74, 6) is 0.999. The van der Waals surface area contributed by atoms with Crippen molar-refractivity contribution >= 4 is 21.6 Å². The quantitative estimate of drug-likeness (QED) is 0.557. The van der Waals surface area contributed by atoms with Crippen molar-refractivity contribution in [1.82, 2.24) is 5.32 Å². The van der Waals surface area contributed by atoms with Gasteiger partial charge in [0, 0.05) is 17.7 Å². The number of rotatable bonds is 8. The van der Waals surface area contributed by atoms with Gasteiger partial charge in [0.15, 0.2) is 0 Å². The predicted molar refractivity (Wildman–Crippen MR) is 119 cm³/mol. The summed E-state index contributed by atoms with van der Waals surface area (Å²) in [6.45, 7) is 2.05. The molecule has 0 heterocycles. The lowest BCUT2D eigenvalue weighted by molar-refractivity contribution is 0.0950. The Bertz CT molecular complexity index is 1170. The second-order valence-corrected chi connectivity index (χ2v) is 8.49. The van der Waals surface area contributed by atoms with Crippen LogP contribution in [0.2, 0.25) is 0 Å². The van der Waals surface area contributed by atoms with Gasteiger partial charge in [-0.3, -0.25) is 9.52 Å². The van der Waals surface area contributed by atoms with E-state index in [0.29, 0.717) is 34.9 Å². The lowest BCUT2D eigenvalue weighted by Crippen LogP contribution is -2.23. The van der Waals surface area contributed by atoms with E-state index in [1.54, 1.807) is 44.4 Å². The zero-order chi connectivity index (χ0) is 22.4. The van der Waals surface area contributed by atoms with Crippen LogP contribution in [0.25, 0.3) is 0 Å². The lowest BCUT2D eigenvalue weighted by Gasteiger charge is -2.13. The second kappa shape index (κ2) is 9.53. The van der Waals surface area contributed by atoms with Gasteiger partial charge in [0.25, 0.3) is 15.9 Å². The van der Waals surface area contributed by atoms with Crippen molar-refractivity contribution in [2.45, 2.75) is 18.4 Å². The van der Waals surface area contributed by atoms with Crippen LogP contribution < -0.4 is 19.5 Å². The van der Waals surface area contributed by atoms with E-state index in [1.165, 1.54) is 19.2 Å². The number of aryl methyl sites for hydroxylation is 1. The highest BCUT2D eigenvalue weighted by atomic mass is 32.2. The van der Waals surface area contributed by atoms with Crippen molar-refractivity contribution in [1.29, 1.82) is 0 Å². The number of nitrogens with one attached hydrogen (secondary N) is 2. The van der Waals surface area contributed by atoms with Gasteiger partial charge in [0.05, 0.1) is 24.8 Å². The minimum Gasteiger partial charge on any atom is -0.497 e. The van der Waals surface area contributed by atoms with Gasteiger partial charge >= 0.3 is 0 Å². The summed E-state index contributed by atoms with van der Waals surface area (Å²) in [6.07, 6.45) is 0. The summed E-state index contributed by atoms with van der Waals surface area (Å²) < 4.78 is 38.2. The molecule has 0 fully saturated rings. The van der Waals surface area contributed by atoms with Crippen molar-refractivity contribution in [3.8, 4) is 11.5 Å². The van der Waals surface area contributed by atoms with Gasteiger partial charge in [-0.15, -0.1) is 0 Å². The topological polar surface area (TPSA) is 93.7 Å². The van der Waals surface area contributed by atoms with Crippen LogP contribution in [0.15, 0.2) is 71.6 Å². The third-order valence-electron chi connectivity index (χ3n) is 4.73. The molecule has 0 spiro atoms. The van der Waals surface area contributed by atoms with Crippen LogP contribution in [0.3, 0.4) is 0 Å². The number of hydrogen-bond acceptors (Lipinski definition) is 5. The summed E-state index contributed by atoms with van der Waals surface area (Å²) in [4.78, 5) is 12.7. The maximum Gasteiger partial charge on any atom is 0.261 e. The minimum absolute atomic E-state index is 0.117. The number of hydrogen-bond donors (Lipinski definition) is 2. The molecule has 2 N–H and O–H groups in total. The van der Waals surface area contributed by atoms with Gasteiger partial charge in [-0.1, -0.05) is 18.2 Å². The minimum atomic E-state index is -3.77. The van der Waals surface area contributed by atoms with Gasteiger partial charge in [-0.2, -0.15) is 0 Å². The van der Waals surface area contributed by atoms with Gasteiger partial charge < -0.3 is 14.8 Å². The number of ether oxygens (including phenoxy) is 2. The molecule has 3 aromatic rings. The lowest BCUT2D eigenvalue weighted by atomic mass is 10.1. The fraction of sp³-hybridized carbons (Fsp3) is 0.174. The monoisotopic (exact) mass is 440 g/mol. The van der Waals surface area contributed by atoms with Crippen LogP contribution in [-0.4, -0.2) is 28.5 Å². The number of sulfonamides is 1. The van der Waals surface area contributed by atoms with E-state index in [4.69, 9.17) is 9.47 Å². The molecule has 7 nitrogen and oxygen atoms in total. The molecule has 3 aromatic carbocycles. The Hall–Kier alpha value is -3.52. The maximum atomic E-state index is 12.6. The number of carbonyl (C=O) groups excluding carboxylic acids is 1. The first-order valence-corrected chi connectivity index (χ1v) is 11.0. The van der Waals surface area contributed by atoms with Gasteiger partial charge in [0.1, 0.15) is 11.5 Å². The summed E-state index contributed by atoms with van der Waals surface area (Å²) in [5.41, 5.74) is 2.32. The molecular weight excluding hydrogens is 416 g/mol. The van der Waals surface area contributed by atoms with E-state index >= 15 is 0 Å². The van der Waals surface area contributed by atoms with Crippen molar-refractivity contribution in [3.63, 3.8) is 0 Å². The Kier molecular flexibility index (Phi) is 6.81. The fourth-order valence-corrected chi connectivity index (χ4v) is 4.14. The molecule has 0 aliphatic rings. The van der Waals surface area contributed by atoms with E-state index in [-0.39, 0.29) is 10.8 Å². The van der Waals surface area contributed by atoms with Gasteiger partial charge in [0.2, 0.25) is 0 Å². The van der Waals surface area contributed by atoms with Crippen LogP contribution in [-0.2, 0) is 16.6 Å². The van der Waals surface area contributed by atoms with E-state index in [1.807, 2.05) is 24.3 Å². The Morgan fingerprint density at radius 1 is 0.935 bits per heavy atom. The average Bonchev–Trinajstić information content (AvgIpc) is 2.78. The zero-order valence-corrected chi connectivity index (χ0v) is 18.3. The zero-order valence-electron chi connectivity index (χ0n) is 17.5. The van der Waals surface area contributed by atoms with Crippen LogP contribution >= 0.6 is 0 Å². The normalized spacial score (nSPS) is 10.9. The third-order valence-corrected chi connectivity index (χ3v) is 6.12. The highest BCUT2D eigenvalue weighted by molar-refractivity contribution is 7.92. The molecule has 0 saturated carbocycles. The van der Waals surface area contributed by atoms with Crippen molar-refractivity contribution in [2.75, 3.05) is 18.9 Å². The molecule has 0 aliphatic heterocycles. The van der Waals surface area contributed by atoms with Crippen LogP contribution in [0.4, 0.5) is 5.69 Å². The molecule has 1 amide bonds. The smallest absolute Gasteiger partial charge is 0.261 e. The first kappa shape index (κ1) is 22.2. The molecule has 0 aliphatic carbocycles. The van der Waals surface area contributed by atoms with Crippen LogP contribution in [0.1, 0.15) is 21.5 Å². The molecule has 0 atom stereocenters. The van der Waals surface area contributed by atoms with Gasteiger partial charge in [-0.25, -0.2) is 8.42 Å². The molecule has 8 heteroatoms. The number of carbonyl (C=O) groups is 1. The molecule has 31 heavy (non-hydrogen) atoms. The summed E-state index contributed by atoms with van der Waals surface area (Å²) in [5, 5.41) is 2.85. The first-order valence-electron chi connectivity index (χ1n) is 9.51. The number of methoxy groups -OCH3 is 2. The Balaban J connectivity index is 1.71. The SMILES string of the molecule is COc1ccc(S(=O)(=O)Nc2ccc(C(=O)NCc3ccccc3OC)cc2C)cc1. The van der Waals surface area contributed by atoms with Gasteiger partial charge in [-0.05, 0) is 61.0 Å². The summed E-state index contributed by atoms with van der Waals surface area (Å²) >= 11 is 0. The molecule has 3 rings (SSSR count). The maximum absolute atomic E-state index is 12.6. The molecule has 0 radical (unpaired) electrons. The Morgan fingerprint density at radius 3 is 2.29 bits per heavy atom. The van der Waals surface area contributed by atoms with Crippen molar-refractivity contribution < 1.29 is 22.7 Å². The fourth-order valence-electron chi connectivity index (χ4n) is 3.00. The molecule has 162 valence electrons. The largest absolute Gasteiger partial charge is 0.497 e. The van der Waals surface area contributed by atoms with E-state index in [0.717, 1.165) is 5.56 Å². The van der Waals surface area contributed by atoms with E-state index in [9.17, 15) is 13.2 Å². The standard InChI is InChI=1S/C23H24N2O5S/c1-16-14-17(23(26)24-15-18-6-4-5-7-22(18)30-3)8-13-21(16)25-31(27,28)20-11-9-19(29-2)10-12-20/h4-14,25H,15H2,1-3H3,(H,24,26). The van der Waals surface area contributed by atoms with Crippen molar-refractivity contribution in [3.05, 3.63) is 83.4 Å². The molecular formula is C23H24N2O5S. The predicted octanol–water partition coefficient (Wildman–Crippen LogP) is 3.74. The van der Waals surface area contributed by atoms with Crippen LogP contribution in [0.5, 0.6) is 11.5 Å². The van der Waals surface area contributed by atoms with Crippen LogP contribution in [0, 0.1) is 6.92 Å². The number of benzene rings is 3. The Labute approximate surface area is 182 Å². The highest BCUT2D eigenvalue weighted by Crippen LogP contribution is 2.23. The number of anilines is 1. The second-order valence-electron chi connectivity index (χ2n) is 6.81. The van der Waals surface area contributed by atoms with E-state index in [2.05, 4.69) is 10.0 Å². The molecule has 0 unspecified atom stereocenters. The first-order chi connectivity index (χ1) is 14.8. The van der Waals surface area contributed by atoms with E-state index < -0.39 is 10.0 Å². The number of para-hydroxylation sites is 1. The summed E-state index contributed by atoms with van der Waals surface area (Å²) in [7, 11) is -0.676. The molecule has 0 aromatic heterocycles. The third kappa shape index (κ3) is 5.35. The average molecular weight is 441 g/mol. The molecule has 0 bridgehead atoms. The van der Waals surface area contributed by atoms with Crippen molar-refractivity contribution in [2.24, 2.45) is 0 Å². The molecule has 0 saturated heterocycles.